The summed E-state index contributed by atoms with van der Waals surface area (Å²) in [6.07, 6.45) is 0.500. The lowest BCUT2D eigenvalue weighted by Crippen LogP contribution is -1.85. The highest BCUT2D eigenvalue weighted by Crippen LogP contribution is 1.65. The molecule has 0 aromatic carbocycles. The van der Waals surface area contributed by atoms with E-state index in [4.69, 9.17) is 20.4 Å². The molecule has 4 N–H and O–H groups in total. The molecule has 0 saturated heterocycles. The van der Waals surface area contributed by atoms with Crippen molar-refractivity contribution < 1.29 is 20.4 Å². The van der Waals surface area contributed by atoms with Crippen LogP contribution in [0.15, 0.2) is 0 Å². The van der Waals surface area contributed by atoms with Gasteiger partial charge in [-0.15, -0.1) is 0 Å². The van der Waals surface area contributed by atoms with Crippen LogP contribution in [0.5, 0.6) is 0 Å². The largest absolute Gasteiger partial charge is 0.396 e. The lowest BCUT2D eigenvalue weighted by Gasteiger charge is -1.79. The van der Waals surface area contributed by atoms with E-state index >= 15 is 0 Å². The number of hydrogen-bond acceptors (Lipinski definition) is 4. The van der Waals surface area contributed by atoms with Crippen LogP contribution in [0.1, 0.15) is 6.42 Å². The summed E-state index contributed by atoms with van der Waals surface area (Å²) in [5.41, 5.74) is 0. The molecule has 0 heterocycles. The van der Waals surface area contributed by atoms with Crippen LogP contribution >= 0.6 is 0 Å². The second-order valence-corrected chi connectivity index (χ2v) is 1.25. The molecule has 4 heteroatoms. The first-order chi connectivity index (χ1) is 4.33. The van der Waals surface area contributed by atoms with Gasteiger partial charge in [-0.3, -0.25) is 0 Å². The van der Waals surface area contributed by atoms with Crippen molar-refractivity contribution in [3.63, 3.8) is 0 Å². The lowest BCUT2D eigenvalue weighted by atomic mass is 10.5. The Morgan fingerprint density at radius 1 is 0.556 bits per heavy atom. The van der Waals surface area contributed by atoms with Crippen molar-refractivity contribution >= 4 is 0 Å². The van der Waals surface area contributed by atoms with Gasteiger partial charge in [0.25, 0.3) is 0 Å². The van der Waals surface area contributed by atoms with Gasteiger partial charge in [0.15, 0.2) is 0 Å². The fourth-order valence-corrected chi connectivity index (χ4v) is 0.0707. The molecule has 0 fully saturated rings. The molecule has 58 valence electrons. The Morgan fingerprint density at radius 3 is 0.889 bits per heavy atom. The van der Waals surface area contributed by atoms with Crippen LogP contribution in [0, 0.1) is 0 Å². The van der Waals surface area contributed by atoms with Crippen molar-refractivity contribution in [1.82, 2.24) is 0 Å². The van der Waals surface area contributed by atoms with Crippen molar-refractivity contribution in [2.24, 2.45) is 0 Å². The van der Waals surface area contributed by atoms with Crippen molar-refractivity contribution in [3.8, 4) is 0 Å². The molecule has 0 saturated carbocycles. The second-order valence-electron chi connectivity index (χ2n) is 1.25. The molecule has 0 aliphatic heterocycles. The lowest BCUT2D eigenvalue weighted by molar-refractivity contribution is 0.186. The smallest absolute Gasteiger partial charge is 0.0662 e. The van der Waals surface area contributed by atoms with E-state index < -0.39 is 0 Å². The van der Waals surface area contributed by atoms with Crippen LogP contribution < -0.4 is 0 Å². The maximum Gasteiger partial charge on any atom is 0.0662 e. The Kier molecular flexibility index (Phi) is 20.2. The zero-order chi connectivity index (χ0) is 7.54. The summed E-state index contributed by atoms with van der Waals surface area (Å²) in [5.74, 6) is 0. The van der Waals surface area contributed by atoms with Crippen LogP contribution in [0.25, 0.3) is 0 Å². The van der Waals surface area contributed by atoms with Gasteiger partial charge >= 0.3 is 0 Å². The van der Waals surface area contributed by atoms with E-state index in [1.807, 2.05) is 0 Å². The Bertz CT molecular complexity index is 28.1. The van der Waals surface area contributed by atoms with Crippen LogP contribution in [-0.4, -0.2) is 46.9 Å². The maximum absolute atomic E-state index is 7.91. The van der Waals surface area contributed by atoms with Gasteiger partial charge in [-0.2, -0.15) is 0 Å². The van der Waals surface area contributed by atoms with E-state index in [-0.39, 0.29) is 26.4 Å². The molecule has 0 aliphatic carbocycles. The summed E-state index contributed by atoms with van der Waals surface area (Å²) >= 11 is 0. The van der Waals surface area contributed by atoms with E-state index in [0.29, 0.717) is 6.42 Å². The van der Waals surface area contributed by atoms with Crippen LogP contribution in [-0.2, 0) is 0 Å². The highest BCUT2D eigenvalue weighted by atomic mass is 16.3. The minimum atomic E-state index is -0.125. The van der Waals surface area contributed by atoms with Gasteiger partial charge in [-0.25, -0.2) is 0 Å². The summed E-state index contributed by atoms with van der Waals surface area (Å²) in [6.45, 7) is -0.0625. The van der Waals surface area contributed by atoms with Crippen molar-refractivity contribution in [2.75, 3.05) is 26.4 Å². The molecule has 9 heavy (non-hydrogen) atoms. The van der Waals surface area contributed by atoms with Gasteiger partial charge < -0.3 is 20.4 Å². The fraction of sp³-hybridized carbons (Fsp3) is 1.00. The monoisotopic (exact) mass is 138 g/mol. The van der Waals surface area contributed by atoms with Gasteiger partial charge in [0.05, 0.1) is 13.2 Å². The molecule has 0 radical (unpaired) electrons. The Hall–Kier alpha value is -0.160. The maximum atomic E-state index is 7.91. The average Bonchev–Trinajstić information content (AvgIpc) is 1.91. The number of aliphatic hydroxyl groups excluding tert-OH is 4. The third-order valence-electron chi connectivity index (χ3n) is 0.416. The van der Waals surface area contributed by atoms with E-state index in [1.54, 1.807) is 0 Å². The molecule has 0 amide bonds. The van der Waals surface area contributed by atoms with E-state index in [9.17, 15) is 0 Å². The molecule has 0 aliphatic rings. The third-order valence-corrected chi connectivity index (χ3v) is 0.416. The highest BCUT2D eigenvalue weighted by Gasteiger charge is 1.70. The molecular formula is C5H14O4. The molecular weight excluding hydrogens is 124 g/mol. The van der Waals surface area contributed by atoms with Gasteiger partial charge in [-0.05, 0) is 6.42 Å². The van der Waals surface area contributed by atoms with Crippen LogP contribution in [0.3, 0.4) is 0 Å². The normalized spacial score (nSPS) is 8.00. The van der Waals surface area contributed by atoms with Gasteiger partial charge in [0, 0.05) is 13.2 Å². The minimum absolute atomic E-state index is 0.0938. The molecule has 0 unspecified atom stereocenters. The molecule has 0 rings (SSSR count). The summed E-state index contributed by atoms with van der Waals surface area (Å²) in [6, 6.07) is 0. The molecule has 0 bridgehead atoms. The summed E-state index contributed by atoms with van der Waals surface area (Å²) < 4.78 is 0. The first kappa shape index (κ1) is 11.6. The van der Waals surface area contributed by atoms with Crippen LogP contribution in [0.2, 0.25) is 0 Å². The predicted octanol–water partition coefficient (Wildman–Crippen LogP) is -1.67. The summed E-state index contributed by atoms with van der Waals surface area (Å²) in [4.78, 5) is 0. The van der Waals surface area contributed by atoms with Crippen molar-refractivity contribution in [1.29, 1.82) is 0 Å². The second kappa shape index (κ2) is 15.7. The molecule has 0 spiro atoms. The zero-order valence-electron chi connectivity index (χ0n) is 5.32. The Labute approximate surface area is 54.4 Å². The average molecular weight is 138 g/mol. The zero-order valence-corrected chi connectivity index (χ0v) is 5.32. The van der Waals surface area contributed by atoms with E-state index in [1.165, 1.54) is 0 Å². The quantitative estimate of drug-likeness (QED) is 0.376. The number of aliphatic hydroxyl groups is 4. The number of rotatable bonds is 3. The molecule has 0 aromatic rings. The van der Waals surface area contributed by atoms with E-state index in [0.717, 1.165) is 0 Å². The summed E-state index contributed by atoms with van der Waals surface area (Å²) in [7, 11) is 0. The molecule has 4 nitrogen and oxygen atoms in total. The third kappa shape index (κ3) is 33.2. The first-order valence-electron chi connectivity index (χ1n) is 2.76. The van der Waals surface area contributed by atoms with Crippen molar-refractivity contribution in [3.05, 3.63) is 0 Å². The van der Waals surface area contributed by atoms with Gasteiger partial charge in [-0.1, -0.05) is 0 Å². The predicted molar refractivity (Wildman–Crippen MR) is 33.0 cm³/mol. The van der Waals surface area contributed by atoms with Gasteiger partial charge in [0.2, 0.25) is 0 Å². The fourth-order valence-electron chi connectivity index (χ4n) is 0.0707. The Morgan fingerprint density at radius 2 is 0.889 bits per heavy atom. The minimum Gasteiger partial charge on any atom is -0.396 e. The first-order valence-corrected chi connectivity index (χ1v) is 2.76. The topological polar surface area (TPSA) is 80.9 Å². The van der Waals surface area contributed by atoms with Gasteiger partial charge in [0.1, 0.15) is 0 Å². The van der Waals surface area contributed by atoms with Crippen LogP contribution in [0.4, 0.5) is 0 Å². The molecule has 0 atom stereocenters. The Balaban J connectivity index is 0. The van der Waals surface area contributed by atoms with E-state index in [2.05, 4.69) is 0 Å². The standard InChI is InChI=1S/C3H8O2.C2H6O2/c4-2-1-3-5;3-1-2-4/h4-5H,1-3H2;3-4H,1-2H2. The SMILES string of the molecule is OCCCO.OCCO. The molecule has 0 aromatic heterocycles. The number of hydrogen-bond donors (Lipinski definition) is 4. The summed E-state index contributed by atoms with van der Waals surface area (Å²) in [5, 5.41) is 31.1. The highest BCUT2D eigenvalue weighted by molar-refractivity contribution is 4.22. The van der Waals surface area contributed by atoms with Crippen molar-refractivity contribution in [2.45, 2.75) is 6.42 Å².